The second-order valence-corrected chi connectivity index (χ2v) is 7.89. The normalized spacial score (nSPS) is 28.2. The van der Waals surface area contributed by atoms with Gasteiger partial charge < -0.3 is 30.8 Å². The number of aromatic carboxylic acids is 1. The highest BCUT2D eigenvalue weighted by Crippen LogP contribution is 2.52. The Hall–Kier alpha value is -2.81. The number of carbonyl (C=O) groups is 1. The standard InChI is InChI=1S/C18H19FN4O4/c1-7-5-27-16-13-10(15(24)9(17(25)26)4-23(7)13)12(20)11(19)14(16)22-3-8-2-18(8,21)6-22/h4,7-8H,2-3,5-6,20-21H2,1H3,(H,25,26). The van der Waals surface area contributed by atoms with Crippen LogP contribution in [-0.4, -0.2) is 40.9 Å². The molecule has 3 aliphatic rings. The van der Waals surface area contributed by atoms with Crippen LogP contribution in [0, 0.1) is 11.7 Å². The molecule has 5 N–H and O–H groups in total. The van der Waals surface area contributed by atoms with Gasteiger partial charge >= 0.3 is 5.97 Å². The van der Waals surface area contributed by atoms with E-state index in [0.29, 0.717) is 24.5 Å². The number of piperidine rings is 1. The van der Waals surface area contributed by atoms with E-state index in [4.69, 9.17) is 16.2 Å². The molecule has 3 atom stereocenters. The van der Waals surface area contributed by atoms with Crippen molar-refractivity contribution in [2.75, 3.05) is 30.3 Å². The molecule has 2 fully saturated rings. The molecule has 8 nitrogen and oxygen atoms in total. The minimum Gasteiger partial charge on any atom is -0.487 e. The van der Waals surface area contributed by atoms with Gasteiger partial charge in [-0.25, -0.2) is 9.18 Å². The molecule has 1 aliphatic carbocycles. The monoisotopic (exact) mass is 374 g/mol. The van der Waals surface area contributed by atoms with E-state index in [1.807, 2.05) is 11.8 Å². The summed E-state index contributed by atoms with van der Waals surface area (Å²) in [5.74, 6) is -1.60. The fourth-order valence-electron chi connectivity index (χ4n) is 4.46. The number of rotatable bonds is 2. The first kappa shape index (κ1) is 16.4. The van der Waals surface area contributed by atoms with E-state index in [1.165, 1.54) is 6.20 Å². The van der Waals surface area contributed by atoms with E-state index in [2.05, 4.69) is 0 Å². The second kappa shape index (κ2) is 4.92. The predicted octanol–water partition coefficient (Wildman–Crippen LogP) is 0.912. The number of carboxylic acid groups (broad SMARTS) is 1. The molecule has 0 spiro atoms. The molecule has 142 valence electrons. The van der Waals surface area contributed by atoms with Crippen molar-refractivity contribution < 1.29 is 19.0 Å². The maximum Gasteiger partial charge on any atom is 0.341 e. The number of nitrogens with two attached hydrogens (primary N) is 2. The second-order valence-electron chi connectivity index (χ2n) is 7.89. The molecule has 27 heavy (non-hydrogen) atoms. The fraction of sp³-hybridized carbons (Fsp3) is 0.444. The molecule has 0 amide bonds. The molecule has 3 heterocycles. The summed E-state index contributed by atoms with van der Waals surface area (Å²) in [5.41, 5.74) is 10.9. The lowest BCUT2D eigenvalue weighted by atomic mass is 10.0. The number of nitrogens with zero attached hydrogens (tertiary/aromatic N) is 2. The molecule has 2 aromatic rings. The number of anilines is 2. The minimum atomic E-state index is -1.38. The van der Waals surface area contributed by atoms with Crippen LogP contribution in [0.25, 0.3) is 10.9 Å². The van der Waals surface area contributed by atoms with Gasteiger partial charge in [0, 0.05) is 24.8 Å². The molecule has 0 bridgehead atoms. The molecule has 1 aromatic carbocycles. The number of hydrogen-bond acceptors (Lipinski definition) is 6. The lowest BCUT2D eigenvalue weighted by Crippen LogP contribution is -2.35. The van der Waals surface area contributed by atoms with Gasteiger partial charge in [0.05, 0.1) is 22.6 Å². The number of ether oxygens (including phenoxy) is 1. The molecule has 1 saturated heterocycles. The Labute approximate surface area is 153 Å². The summed E-state index contributed by atoms with van der Waals surface area (Å²) >= 11 is 0. The maximum atomic E-state index is 15.3. The molecule has 1 saturated carbocycles. The van der Waals surface area contributed by atoms with Crippen LogP contribution >= 0.6 is 0 Å². The highest BCUT2D eigenvalue weighted by molar-refractivity contribution is 6.03. The van der Waals surface area contributed by atoms with E-state index in [0.717, 1.165) is 6.42 Å². The van der Waals surface area contributed by atoms with E-state index in [9.17, 15) is 14.7 Å². The Balaban J connectivity index is 1.85. The summed E-state index contributed by atoms with van der Waals surface area (Å²) in [6.45, 7) is 3.15. The first-order valence-electron chi connectivity index (χ1n) is 8.82. The summed E-state index contributed by atoms with van der Waals surface area (Å²) in [6, 6.07) is -0.232. The lowest BCUT2D eigenvalue weighted by molar-refractivity contribution is 0.0694. The maximum absolute atomic E-state index is 15.3. The van der Waals surface area contributed by atoms with Crippen molar-refractivity contribution in [2.45, 2.75) is 24.9 Å². The van der Waals surface area contributed by atoms with Crippen LogP contribution in [0.2, 0.25) is 0 Å². The molecule has 3 unspecified atom stereocenters. The number of fused-ring (bicyclic) bond motifs is 1. The number of carboxylic acids is 1. The molecular weight excluding hydrogens is 355 g/mol. The van der Waals surface area contributed by atoms with Crippen LogP contribution in [0.3, 0.4) is 0 Å². The zero-order chi connectivity index (χ0) is 19.2. The first-order chi connectivity index (χ1) is 12.7. The fourth-order valence-corrected chi connectivity index (χ4v) is 4.46. The van der Waals surface area contributed by atoms with Gasteiger partial charge in [-0.3, -0.25) is 4.79 Å². The van der Waals surface area contributed by atoms with Crippen LogP contribution in [0.5, 0.6) is 5.75 Å². The molecule has 0 radical (unpaired) electrons. The summed E-state index contributed by atoms with van der Waals surface area (Å²) in [4.78, 5) is 26.0. The van der Waals surface area contributed by atoms with Gasteiger partial charge in [-0.1, -0.05) is 0 Å². The SMILES string of the molecule is CC1COc2c(N3CC4CC4(N)C3)c(F)c(N)c3c(=O)c(C(=O)O)cn1c23. The van der Waals surface area contributed by atoms with Crippen molar-refractivity contribution in [3.8, 4) is 5.75 Å². The third-order valence-corrected chi connectivity index (χ3v) is 6.07. The van der Waals surface area contributed by atoms with Gasteiger partial charge in [0.2, 0.25) is 5.43 Å². The number of halogens is 1. The van der Waals surface area contributed by atoms with Crippen molar-refractivity contribution >= 4 is 28.2 Å². The van der Waals surface area contributed by atoms with Crippen molar-refractivity contribution in [3.63, 3.8) is 0 Å². The average Bonchev–Trinajstić information content (AvgIpc) is 3.12. The Morgan fingerprint density at radius 2 is 2.22 bits per heavy atom. The Bertz CT molecular complexity index is 1100. The topological polar surface area (TPSA) is 124 Å². The van der Waals surface area contributed by atoms with Crippen molar-refractivity contribution in [2.24, 2.45) is 11.7 Å². The minimum absolute atomic E-state index is 0.149. The Kier molecular flexibility index (Phi) is 2.98. The molecule has 2 aliphatic heterocycles. The molecular formula is C18H19FN4O4. The molecule has 9 heteroatoms. The molecule has 5 rings (SSSR count). The van der Waals surface area contributed by atoms with Crippen molar-refractivity contribution in [1.82, 2.24) is 4.57 Å². The van der Waals surface area contributed by atoms with Crippen LogP contribution in [0.4, 0.5) is 15.8 Å². The third-order valence-electron chi connectivity index (χ3n) is 6.07. The van der Waals surface area contributed by atoms with E-state index in [1.54, 1.807) is 4.57 Å². The quantitative estimate of drug-likeness (QED) is 0.668. The van der Waals surface area contributed by atoms with Crippen molar-refractivity contribution in [3.05, 3.63) is 27.8 Å². The number of aromatic nitrogens is 1. The zero-order valence-electron chi connectivity index (χ0n) is 14.7. The summed E-state index contributed by atoms with van der Waals surface area (Å²) in [5, 5.41) is 9.22. The number of hydrogen-bond donors (Lipinski definition) is 3. The predicted molar refractivity (Wildman–Crippen MR) is 97.0 cm³/mol. The highest BCUT2D eigenvalue weighted by atomic mass is 19.1. The lowest BCUT2D eigenvalue weighted by Gasteiger charge is -2.32. The number of pyridine rings is 1. The first-order valence-corrected chi connectivity index (χ1v) is 8.82. The Morgan fingerprint density at radius 1 is 1.48 bits per heavy atom. The zero-order valence-corrected chi connectivity index (χ0v) is 14.7. The van der Waals surface area contributed by atoms with Crippen molar-refractivity contribution in [1.29, 1.82) is 0 Å². The smallest absolute Gasteiger partial charge is 0.341 e. The van der Waals surface area contributed by atoms with Gasteiger partial charge in [-0.15, -0.1) is 0 Å². The third kappa shape index (κ3) is 2.00. The highest BCUT2D eigenvalue weighted by Gasteiger charge is 2.58. The molecule has 1 aromatic heterocycles. The Morgan fingerprint density at radius 3 is 2.85 bits per heavy atom. The van der Waals surface area contributed by atoms with Gasteiger partial charge in [0.25, 0.3) is 0 Å². The van der Waals surface area contributed by atoms with Gasteiger partial charge in [-0.2, -0.15) is 0 Å². The average molecular weight is 374 g/mol. The van der Waals surface area contributed by atoms with Gasteiger partial charge in [0.1, 0.15) is 17.9 Å². The number of benzene rings is 1. The summed E-state index contributed by atoms with van der Waals surface area (Å²) in [6.07, 6.45) is 2.20. The van der Waals surface area contributed by atoms with Crippen LogP contribution in [0.15, 0.2) is 11.0 Å². The number of nitrogen functional groups attached to an aromatic ring is 1. The van der Waals surface area contributed by atoms with E-state index < -0.39 is 22.8 Å². The summed E-state index contributed by atoms with van der Waals surface area (Å²) < 4.78 is 22.8. The van der Waals surface area contributed by atoms with E-state index >= 15 is 4.39 Å². The van der Waals surface area contributed by atoms with Gasteiger partial charge in [-0.05, 0) is 19.3 Å². The van der Waals surface area contributed by atoms with Crippen LogP contribution in [-0.2, 0) is 0 Å². The largest absolute Gasteiger partial charge is 0.487 e. The van der Waals surface area contributed by atoms with E-state index in [-0.39, 0.29) is 40.7 Å². The van der Waals surface area contributed by atoms with Crippen LogP contribution in [0.1, 0.15) is 29.7 Å². The van der Waals surface area contributed by atoms with Gasteiger partial charge in [0.15, 0.2) is 11.6 Å². The van der Waals surface area contributed by atoms with Crippen LogP contribution < -0.4 is 26.5 Å². The summed E-state index contributed by atoms with van der Waals surface area (Å²) in [7, 11) is 0.